The van der Waals surface area contributed by atoms with Crippen molar-refractivity contribution in [3.8, 4) is 27.6 Å². The van der Waals surface area contributed by atoms with Crippen LogP contribution in [0.1, 0.15) is 88.1 Å². The lowest BCUT2D eigenvalue weighted by Gasteiger charge is -2.37. The Kier molecular flexibility index (Phi) is 21.5. The zero-order chi connectivity index (χ0) is 57.1. The lowest BCUT2D eigenvalue weighted by molar-refractivity contribution is -0.144. The van der Waals surface area contributed by atoms with E-state index >= 15 is 0 Å². The first-order valence-electron chi connectivity index (χ1n) is 27.9. The highest BCUT2D eigenvalue weighted by Gasteiger charge is 2.44. The normalized spacial score (nSPS) is 17.5. The molecule has 20 heteroatoms. The Labute approximate surface area is 478 Å². The van der Waals surface area contributed by atoms with Crippen molar-refractivity contribution in [3.05, 3.63) is 137 Å². The van der Waals surface area contributed by atoms with Crippen molar-refractivity contribution in [3.63, 3.8) is 0 Å². The van der Waals surface area contributed by atoms with Crippen LogP contribution in [0.15, 0.2) is 115 Å². The van der Waals surface area contributed by atoms with E-state index in [1.54, 1.807) is 23.6 Å². The summed E-state index contributed by atoms with van der Waals surface area (Å²) in [4.78, 5) is 67.6. The molecule has 428 valence electrons. The summed E-state index contributed by atoms with van der Waals surface area (Å²) in [5.41, 5.74) is 8.34. The fraction of sp³-hybridized carbons (Fsp3) is 0.443. The number of thiazole rings is 1. The van der Waals surface area contributed by atoms with Crippen LogP contribution < -0.4 is 26.2 Å². The first kappa shape index (κ1) is 59.6. The summed E-state index contributed by atoms with van der Waals surface area (Å²) in [7, 11) is 0. The Morgan fingerprint density at radius 1 is 0.802 bits per heavy atom. The number of aliphatic hydroxyl groups excluding tert-OH is 1. The summed E-state index contributed by atoms with van der Waals surface area (Å²) >= 11 is 1.57. The number of amides is 5. The number of anilines is 2. The zero-order valence-electron chi connectivity index (χ0n) is 46.7. The fourth-order valence-electron chi connectivity index (χ4n) is 10.1. The number of hydrogen-bond acceptors (Lipinski definition) is 14. The van der Waals surface area contributed by atoms with E-state index in [-0.39, 0.29) is 50.1 Å². The molecule has 6 aromatic rings. The molecule has 2 fully saturated rings. The first-order chi connectivity index (χ1) is 39.2. The lowest BCUT2D eigenvalue weighted by Crippen LogP contribution is -2.58. The summed E-state index contributed by atoms with van der Waals surface area (Å²) < 4.78 is 19.1. The Balaban J connectivity index is 0.699. The molecule has 5 N–H and O–H groups in total. The molecule has 8 rings (SSSR count). The van der Waals surface area contributed by atoms with E-state index in [0.717, 1.165) is 82.0 Å². The van der Waals surface area contributed by atoms with Crippen LogP contribution >= 0.6 is 11.3 Å². The molecular formula is C61H75N11O8S. The van der Waals surface area contributed by atoms with Crippen LogP contribution in [0.2, 0.25) is 0 Å². The number of likely N-dealkylation sites (tertiary alicyclic amines) is 1. The number of β-amino-alcohol motifs (C(OH)–C–C–N with tert-alkyl or cyclic N) is 1. The number of benzene rings is 3. The molecule has 19 nitrogen and oxygen atoms in total. The Morgan fingerprint density at radius 3 is 2.17 bits per heavy atom. The Bertz CT molecular complexity index is 3010. The van der Waals surface area contributed by atoms with Crippen molar-refractivity contribution in [2.75, 3.05) is 56.4 Å². The van der Waals surface area contributed by atoms with Crippen LogP contribution in [0, 0.1) is 23.7 Å². The number of unbranched alkanes of at least 4 members (excludes halogenated alkanes) is 1. The third-order valence-corrected chi connectivity index (χ3v) is 15.5. The second kappa shape index (κ2) is 29.3. The Hall–Kier alpha value is -7.54. The molecule has 0 unspecified atom stereocenters. The maximum absolute atomic E-state index is 14.0. The minimum atomic E-state index is -0.951. The van der Waals surface area contributed by atoms with Gasteiger partial charge < -0.3 is 45.5 Å². The van der Waals surface area contributed by atoms with Gasteiger partial charge in [-0.2, -0.15) is 10.4 Å². The van der Waals surface area contributed by atoms with Crippen LogP contribution in [-0.4, -0.2) is 130 Å². The van der Waals surface area contributed by atoms with Crippen molar-refractivity contribution in [1.82, 2.24) is 40.6 Å². The summed E-state index contributed by atoms with van der Waals surface area (Å²) in [6, 6.07) is 29.8. The predicted molar refractivity (Wildman–Crippen MR) is 311 cm³/mol. The van der Waals surface area contributed by atoms with E-state index in [1.807, 2.05) is 140 Å². The summed E-state index contributed by atoms with van der Waals surface area (Å²) in [5.74, 6) is -0.502. The number of nitrogens with one attached hydrogen (secondary N) is 4. The van der Waals surface area contributed by atoms with Crippen LogP contribution in [0.5, 0.6) is 0 Å². The quantitative estimate of drug-likeness (QED) is 0.0324. The number of carbonyl (C=O) groups is 4. The van der Waals surface area contributed by atoms with Gasteiger partial charge in [-0.1, -0.05) is 87.5 Å². The third-order valence-electron chi connectivity index (χ3n) is 14.5. The van der Waals surface area contributed by atoms with Crippen LogP contribution in [0.4, 0.5) is 16.3 Å². The van der Waals surface area contributed by atoms with E-state index in [0.29, 0.717) is 58.1 Å². The van der Waals surface area contributed by atoms with Gasteiger partial charge in [0.1, 0.15) is 30.6 Å². The maximum atomic E-state index is 14.0. The minimum absolute atomic E-state index is 0.00696. The molecule has 0 spiro atoms. The summed E-state index contributed by atoms with van der Waals surface area (Å²) in [5, 5.41) is 36.7. The van der Waals surface area contributed by atoms with Gasteiger partial charge >= 0.3 is 6.03 Å². The Morgan fingerprint density at radius 2 is 1.49 bits per heavy atom. The predicted octanol–water partition coefficient (Wildman–Crippen LogP) is 8.03. The number of aromatic nitrogens is 4. The van der Waals surface area contributed by atoms with Crippen LogP contribution in [0.3, 0.4) is 0 Å². The highest BCUT2D eigenvalue weighted by atomic mass is 32.1. The number of ether oxygens (including phenoxy) is 3. The zero-order valence-corrected chi connectivity index (χ0v) is 47.5. The molecule has 0 bridgehead atoms. The van der Waals surface area contributed by atoms with Gasteiger partial charge in [0.2, 0.25) is 17.7 Å². The number of nitriles is 1. The maximum Gasteiger partial charge on any atom is 0.322 e. The lowest BCUT2D eigenvalue weighted by atomic mass is 9.85. The highest BCUT2D eigenvalue weighted by Crippen LogP contribution is 2.32. The SMILES string of the molecule is Cc1ncsc1-c1ccc(CNC(=O)[C@@H]2C[C@@H](O)CN2C(=O)[C@@H](NC(=O)COCCCCOCCOCCn2cc(-c3ccc(N(C(=O)NCc4ccccc4)[C@H]4CC[C@H](Nc5ccc(C#N)cn5)CC4)cc3)cn2)C(C)(C)C)cc1. The minimum Gasteiger partial charge on any atom is -0.391 e. The number of hydrogen-bond donors (Lipinski definition) is 5. The van der Waals surface area contributed by atoms with Crippen LogP contribution in [0.25, 0.3) is 21.6 Å². The van der Waals surface area contributed by atoms with Crippen molar-refractivity contribution in [2.24, 2.45) is 5.41 Å². The van der Waals surface area contributed by atoms with Gasteiger partial charge in [-0.05, 0) is 97.4 Å². The number of rotatable bonds is 26. The molecule has 3 aromatic heterocycles. The van der Waals surface area contributed by atoms with Gasteiger partial charge in [0, 0.05) is 75.0 Å². The van der Waals surface area contributed by atoms with Gasteiger partial charge in [-0.3, -0.25) is 24.0 Å². The molecule has 5 amide bonds. The van der Waals surface area contributed by atoms with Crippen molar-refractivity contribution in [2.45, 2.75) is 123 Å². The number of aliphatic hydroxyl groups is 1. The fourth-order valence-corrected chi connectivity index (χ4v) is 10.9. The molecule has 1 saturated carbocycles. The molecule has 2 aliphatic rings. The second-order valence-corrected chi connectivity index (χ2v) is 22.5. The van der Waals surface area contributed by atoms with E-state index in [4.69, 9.17) is 19.5 Å². The number of urea groups is 1. The van der Waals surface area contributed by atoms with E-state index in [2.05, 4.69) is 42.4 Å². The van der Waals surface area contributed by atoms with Gasteiger partial charge in [0.25, 0.3) is 0 Å². The van der Waals surface area contributed by atoms with E-state index < -0.39 is 35.4 Å². The van der Waals surface area contributed by atoms with Gasteiger partial charge in [-0.25, -0.2) is 14.8 Å². The third kappa shape index (κ3) is 17.2. The van der Waals surface area contributed by atoms with Crippen LogP contribution in [-0.2, 0) is 48.2 Å². The topological polar surface area (TPSA) is 238 Å². The van der Waals surface area contributed by atoms with Gasteiger partial charge in [0.15, 0.2) is 0 Å². The van der Waals surface area contributed by atoms with E-state index in [9.17, 15) is 24.3 Å². The molecular weight excluding hydrogens is 1050 g/mol. The summed E-state index contributed by atoms with van der Waals surface area (Å²) in [6.07, 6.45) is 9.36. The molecule has 4 heterocycles. The standard InChI is InChI=1S/C61H75N11O8S/c1-42-56(81-41-66-42)47-15-12-44(13-16-47)34-64-58(75)53-32-52(73)39-71(53)59(76)57(61(2,3)4)69-55(74)40-80-28-9-8-27-78-30-31-79-29-26-70-38-48(37-67-70)46-17-21-50(22-18-46)72(60(77)65-35-43-10-6-5-7-11-43)51-23-19-49(20-24-51)68-54-25-14-45(33-62)36-63-54/h5-7,10-18,21-22,25,36-38,41,49,51-53,57,73H,8-9,19-20,23-24,26-32,34-35,39-40H2,1-4H3,(H,63,68)(H,64,75)(H,65,77)(H,69,74)/t49-,51-,52-,53+,57-/m1/s1. The average molecular weight is 1120 g/mol. The monoisotopic (exact) mass is 1120 g/mol. The number of pyridine rings is 1. The molecule has 81 heavy (non-hydrogen) atoms. The number of nitrogens with zero attached hydrogens (tertiary/aromatic N) is 7. The van der Waals surface area contributed by atoms with Gasteiger partial charge in [-0.15, -0.1) is 11.3 Å². The smallest absolute Gasteiger partial charge is 0.322 e. The molecule has 0 radical (unpaired) electrons. The first-order valence-corrected chi connectivity index (χ1v) is 28.7. The van der Waals surface area contributed by atoms with Crippen molar-refractivity contribution in [1.29, 1.82) is 5.26 Å². The van der Waals surface area contributed by atoms with E-state index in [1.165, 1.54) is 4.90 Å². The van der Waals surface area contributed by atoms with Gasteiger partial charge in [0.05, 0.1) is 60.3 Å². The second-order valence-electron chi connectivity index (χ2n) is 21.7. The summed E-state index contributed by atoms with van der Waals surface area (Å²) in [6.45, 7) is 10.6. The molecule has 3 atom stereocenters. The molecule has 1 saturated heterocycles. The van der Waals surface area contributed by atoms with Crippen molar-refractivity contribution < 1.29 is 38.5 Å². The number of carbonyl (C=O) groups excluding carboxylic acids is 4. The molecule has 1 aliphatic carbocycles. The largest absolute Gasteiger partial charge is 0.391 e. The highest BCUT2D eigenvalue weighted by molar-refractivity contribution is 7.13. The average Bonchev–Trinajstić information content (AvgIpc) is 4.30. The molecule has 3 aromatic carbocycles. The number of aryl methyl sites for hydroxylation is 1. The van der Waals surface area contributed by atoms with Crippen molar-refractivity contribution >= 4 is 46.6 Å². The molecule has 1 aliphatic heterocycles.